The molecule has 7 heteroatoms. The molecule has 25 heavy (non-hydrogen) atoms. The normalized spacial score (nSPS) is 17.8. The monoisotopic (exact) mass is 335 g/mol. The van der Waals surface area contributed by atoms with E-state index in [2.05, 4.69) is 24.7 Å². The van der Waals surface area contributed by atoms with Crippen molar-refractivity contribution in [3.05, 3.63) is 47.7 Å². The molecular weight excluding hydrogens is 318 g/mol. The van der Waals surface area contributed by atoms with Crippen molar-refractivity contribution in [3.63, 3.8) is 0 Å². The minimum absolute atomic E-state index is 0.166. The Kier molecular flexibility index (Phi) is 2.97. The van der Waals surface area contributed by atoms with Gasteiger partial charge in [0.1, 0.15) is 24.4 Å². The van der Waals surface area contributed by atoms with Crippen LogP contribution in [-0.4, -0.2) is 45.4 Å². The van der Waals surface area contributed by atoms with Crippen LogP contribution in [0.4, 0.5) is 0 Å². The second-order valence-electron chi connectivity index (χ2n) is 6.33. The van der Waals surface area contributed by atoms with Gasteiger partial charge in [0.25, 0.3) is 0 Å². The largest absolute Gasteiger partial charge is 0.497 e. The highest BCUT2D eigenvalue weighted by molar-refractivity contribution is 5.95. The second kappa shape index (κ2) is 5.20. The first-order chi connectivity index (χ1) is 12.2. The molecule has 3 aromatic rings. The van der Waals surface area contributed by atoms with E-state index in [1.165, 1.54) is 0 Å². The van der Waals surface area contributed by atoms with Crippen molar-refractivity contribution >= 4 is 5.90 Å². The van der Waals surface area contributed by atoms with Crippen LogP contribution in [-0.2, 0) is 11.2 Å². The number of nitrogens with one attached hydrogen (secondary N) is 1. The number of imidazole rings is 1. The van der Waals surface area contributed by atoms with E-state index in [0.29, 0.717) is 18.9 Å². The number of methoxy groups -OCH3 is 1. The average molecular weight is 335 g/mol. The summed E-state index contributed by atoms with van der Waals surface area (Å²) in [6.07, 6.45) is 4.41. The lowest BCUT2D eigenvalue weighted by atomic mass is 10.0. The summed E-state index contributed by atoms with van der Waals surface area (Å²) >= 11 is 0. The first-order valence-electron chi connectivity index (χ1n) is 8.23. The minimum atomic E-state index is 0.166. The number of benzene rings is 1. The molecule has 2 aliphatic rings. The molecule has 0 saturated carbocycles. The van der Waals surface area contributed by atoms with Crippen LogP contribution in [0.2, 0.25) is 0 Å². The van der Waals surface area contributed by atoms with E-state index >= 15 is 0 Å². The highest BCUT2D eigenvalue weighted by Crippen LogP contribution is 2.37. The van der Waals surface area contributed by atoms with Gasteiger partial charge in [0.2, 0.25) is 5.90 Å². The zero-order valence-corrected chi connectivity index (χ0v) is 14.0. The number of H-pyrrole nitrogens is 1. The van der Waals surface area contributed by atoms with E-state index in [-0.39, 0.29) is 6.04 Å². The van der Waals surface area contributed by atoms with E-state index in [4.69, 9.17) is 9.47 Å². The lowest BCUT2D eigenvalue weighted by Gasteiger charge is -2.11. The number of rotatable bonds is 2. The van der Waals surface area contributed by atoms with Crippen LogP contribution >= 0.6 is 0 Å². The molecule has 1 atom stereocenters. The van der Waals surface area contributed by atoms with Gasteiger partial charge in [-0.3, -0.25) is 5.10 Å². The van der Waals surface area contributed by atoms with Crippen LogP contribution in [0, 0.1) is 0 Å². The van der Waals surface area contributed by atoms with Crippen LogP contribution < -0.4 is 4.74 Å². The molecule has 0 fully saturated rings. The highest BCUT2D eigenvalue weighted by Gasteiger charge is 2.28. The van der Waals surface area contributed by atoms with Gasteiger partial charge in [-0.05, 0) is 25.1 Å². The quantitative estimate of drug-likeness (QED) is 0.610. The van der Waals surface area contributed by atoms with Crippen molar-refractivity contribution in [3.8, 4) is 22.7 Å². The van der Waals surface area contributed by atoms with E-state index in [1.54, 1.807) is 7.11 Å². The standard InChI is InChI=1S/C18H17N5O2/c1-10-8-25-18(21-10)17-15-5-11-7-20-22-16(11)13-6-12(24-2)3-4-14(13)23(15)9-19-17/h3-4,6-7,9-10H,5,8H2,1-2H3,(H,20,22)/t10-/m0/s1. The molecule has 0 aliphatic carbocycles. The van der Waals surface area contributed by atoms with Crippen molar-refractivity contribution in [2.75, 3.05) is 13.7 Å². The summed E-state index contributed by atoms with van der Waals surface area (Å²) in [7, 11) is 1.67. The molecule has 5 rings (SSSR count). The van der Waals surface area contributed by atoms with Gasteiger partial charge < -0.3 is 14.0 Å². The van der Waals surface area contributed by atoms with Gasteiger partial charge in [0.15, 0.2) is 0 Å². The smallest absolute Gasteiger partial charge is 0.237 e. The average Bonchev–Trinajstić information content (AvgIpc) is 3.34. The fourth-order valence-electron chi connectivity index (χ4n) is 3.44. The van der Waals surface area contributed by atoms with E-state index < -0.39 is 0 Å². The summed E-state index contributed by atoms with van der Waals surface area (Å²) in [6, 6.07) is 6.18. The molecule has 0 amide bonds. The van der Waals surface area contributed by atoms with Crippen LogP contribution in [0.1, 0.15) is 23.9 Å². The first kappa shape index (κ1) is 14.3. The Hall–Kier alpha value is -3.09. The summed E-state index contributed by atoms with van der Waals surface area (Å²) in [5.41, 5.74) is 6.05. The van der Waals surface area contributed by atoms with Crippen molar-refractivity contribution in [1.82, 2.24) is 19.7 Å². The summed E-state index contributed by atoms with van der Waals surface area (Å²) in [6.45, 7) is 2.64. The molecule has 1 N–H and O–H groups in total. The Morgan fingerprint density at radius 2 is 2.28 bits per heavy atom. The van der Waals surface area contributed by atoms with Crippen LogP contribution in [0.5, 0.6) is 5.75 Å². The van der Waals surface area contributed by atoms with Gasteiger partial charge in [-0.25, -0.2) is 9.98 Å². The molecule has 2 aromatic heterocycles. The maximum atomic E-state index is 5.74. The second-order valence-corrected chi connectivity index (χ2v) is 6.33. The molecule has 0 unspecified atom stereocenters. The van der Waals surface area contributed by atoms with Crippen molar-refractivity contribution in [2.45, 2.75) is 19.4 Å². The fourth-order valence-corrected chi connectivity index (χ4v) is 3.44. The SMILES string of the molecule is COc1ccc2c(c1)-c1[nH]ncc1Cc1c(C3=N[C@@H](C)CO3)ncn1-2. The van der Waals surface area contributed by atoms with Gasteiger partial charge in [-0.2, -0.15) is 5.10 Å². The van der Waals surface area contributed by atoms with Gasteiger partial charge in [-0.15, -0.1) is 0 Å². The Morgan fingerprint density at radius 1 is 1.36 bits per heavy atom. The van der Waals surface area contributed by atoms with Gasteiger partial charge >= 0.3 is 0 Å². The van der Waals surface area contributed by atoms with Crippen LogP contribution in [0.25, 0.3) is 16.9 Å². The number of aliphatic imine (C=N–C) groups is 1. The molecule has 126 valence electrons. The van der Waals surface area contributed by atoms with E-state index in [1.807, 2.05) is 37.6 Å². The molecule has 0 radical (unpaired) electrons. The molecule has 0 bridgehead atoms. The molecule has 4 heterocycles. The lowest BCUT2D eigenvalue weighted by Crippen LogP contribution is -2.08. The Balaban J connectivity index is 1.75. The summed E-state index contributed by atoms with van der Waals surface area (Å²) in [5, 5.41) is 7.36. The van der Waals surface area contributed by atoms with Gasteiger partial charge in [0.05, 0.1) is 36.4 Å². The Labute approximate surface area is 144 Å². The van der Waals surface area contributed by atoms with Crippen molar-refractivity contribution in [2.24, 2.45) is 4.99 Å². The third-order valence-electron chi connectivity index (χ3n) is 4.68. The maximum Gasteiger partial charge on any atom is 0.237 e. The summed E-state index contributed by atoms with van der Waals surface area (Å²) in [4.78, 5) is 9.17. The van der Waals surface area contributed by atoms with Crippen LogP contribution in [0.3, 0.4) is 0 Å². The molecule has 0 spiro atoms. The number of aromatic nitrogens is 4. The maximum absolute atomic E-state index is 5.74. The number of fused-ring (bicyclic) bond motifs is 5. The predicted octanol–water partition coefficient (Wildman–Crippen LogP) is 2.34. The number of hydrogen-bond acceptors (Lipinski definition) is 5. The molecule has 1 aromatic carbocycles. The third kappa shape index (κ3) is 2.08. The zero-order chi connectivity index (χ0) is 17.0. The first-order valence-corrected chi connectivity index (χ1v) is 8.23. The summed E-state index contributed by atoms with van der Waals surface area (Å²) in [5.74, 6) is 1.43. The van der Waals surface area contributed by atoms with Gasteiger partial charge in [-0.1, -0.05) is 0 Å². The Morgan fingerprint density at radius 3 is 3.08 bits per heavy atom. The van der Waals surface area contributed by atoms with E-state index in [9.17, 15) is 0 Å². The minimum Gasteiger partial charge on any atom is -0.497 e. The molecule has 7 nitrogen and oxygen atoms in total. The van der Waals surface area contributed by atoms with Gasteiger partial charge in [0, 0.05) is 17.5 Å². The number of ether oxygens (including phenoxy) is 2. The third-order valence-corrected chi connectivity index (χ3v) is 4.68. The molecule has 2 aliphatic heterocycles. The van der Waals surface area contributed by atoms with Crippen molar-refractivity contribution in [1.29, 1.82) is 0 Å². The lowest BCUT2D eigenvalue weighted by molar-refractivity contribution is 0.323. The zero-order valence-electron chi connectivity index (χ0n) is 14.0. The molecule has 0 saturated heterocycles. The Bertz CT molecular complexity index is 1000. The number of nitrogens with zero attached hydrogens (tertiary/aromatic N) is 4. The number of aromatic amines is 1. The fraction of sp³-hybridized carbons (Fsp3) is 0.278. The summed E-state index contributed by atoms with van der Waals surface area (Å²) < 4.78 is 13.2. The van der Waals surface area contributed by atoms with Crippen LogP contribution in [0.15, 0.2) is 35.7 Å². The topological polar surface area (TPSA) is 77.3 Å². The van der Waals surface area contributed by atoms with E-state index in [0.717, 1.165) is 39.6 Å². The number of hydrogen-bond donors (Lipinski definition) is 1. The predicted molar refractivity (Wildman–Crippen MR) is 92.5 cm³/mol. The molecular formula is C18H17N5O2. The van der Waals surface area contributed by atoms with Crippen molar-refractivity contribution < 1.29 is 9.47 Å². The highest BCUT2D eigenvalue weighted by atomic mass is 16.5.